The summed E-state index contributed by atoms with van der Waals surface area (Å²) < 4.78 is 0. The molecule has 0 rings (SSSR count). The fraction of sp³-hybridized carbons (Fsp3) is 0.667. The Morgan fingerprint density at radius 2 is 1.53 bits per heavy atom. The number of ketones is 1. The summed E-state index contributed by atoms with van der Waals surface area (Å²) in [6.45, 7) is 3.75. The Kier molecular flexibility index (Phi) is 70.5. The summed E-state index contributed by atoms with van der Waals surface area (Å²) in [5, 5.41) is 0. The number of unbranched alkanes of at least 4 members (excludes halogenated alkanes) is 3. The first-order chi connectivity index (χ1) is 4.77. The normalized spacial score (nSPS) is 7.07. The quantitative estimate of drug-likeness (QED) is 0.407. The van der Waals surface area contributed by atoms with Crippen LogP contribution in [-0.2, 0) is 21.2 Å². The molecule has 0 fully saturated rings. The third-order valence-electron chi connectivity index (χ3n) is 1.33. The van der Waals surface area contributed by atoms with Gasteiger partial charge < -0.3 is 16.4 Å². The molecule has 0 spiro atoms. The fourth-order valence-electron chi connectivity index (χ4n) is 0.761. The van der Waals surface area contributed by atoms with Crippen LogP contribution in [0.15, 0.2) is 12.2 Å². The molecule has 0 saturated carbocycles. The second-order valence-corrected chi connectivity index (χ2v) is 2.51. The molecule has 0 aromatic rings. The summed E-state index contributed by atoms with van der Waals surface area (Å²) in [4.78, 5) is 10.4. The van der Waals surface area contributed by atoms with Gasteiger partial charge in [0.1, 0.15) is 0 Å². The molecule has 0 atom stereocenters. The summed E-state index contributed by atoms with van der Waals surface area (Å²) in [5.41, 5.74) is 0. The average Bonchev–Trinajstić information content (AvgIpc) is 1.87. The maximum absolute atomic E-state index is 10.4. The Labute approximate surface area is 113 Å². The van der Waals surface area contributed by atoms with Crippen LogP contribution in [0.4, 0.5) is 0 Å². The van der Waals surface area contributed by atoms with Gasteiger partial charge in [-0.25, -0.2) is 0 Å². The summed E-state index contributed by atoms with van der Waals surface area (Å²) in [7, 11) is 0. The van der Waals surface area contributed by atoms with Crippen LogP contribution in [-0.4, -0.2) is 40.5 Å². The molecule has 0 aliphatic rings. The molecule has 0 heterocycles. The zero-order valence-electron chi connectivity index (χ0n) is 9.27. The first kappa shape index (κ1) is 36.2. The summed E-state index contributed by atoms with van der Waals surface area (Å²) in [6.07, 6.45) is 8.37. The maximum Gasteiger partial charge on any atom is 3.00 e. The third-order valence-corrected chi connectivity index (χ3v) is 1.33. The van der Waals surface area contributed by atoms with Crippen molar-refractivity contribution >= 4 is 40.5 Å². The van der Waals surface area contributed by atoms with Gasteiger partial charge in [-0.1, -0.05) is 25.8 Å². The van der Waals surface area contributed by atoms with E-state index in [9.17, 15) is 4.79 Å². The Morgan fingerprint density at radius 3 is 1.87 bits per heavy atom. The third kappa shape index (κ3) is 40.5. The van der Waals surface area contributed by atoms with Crippen LogP contribution in [0.1, 0.15) is 39.5 Å². The second-order valence-electron chi connectivity index (χ2n) is 2.51. The molecule has 0 radical (unpaired) electrons. The van der Waals surface area contributed by atoms with Crippen LogP contribution < -0.4 is 0 Å². The van der Waals surface area contributed by atoms with Gasteiger partial charge in [0.2, 0.25) is 0 Å². The predicted octanol–water partition coefficient (Wildman–Crippen LogP) is 1.59. The van der Waals surface area contributed by atoms with E-state index >= 15 is 0 Å². The average molecular weight is 242 g/mol. The van der Waals surface area contributed by atoms with Gasteiger partial charge in [0, 0.05) is 0 Å². The first-order valence-electron chi connectivity index (χ1n) is 3.94. The Bertz CT molecular complexity index is 129. The van der Waals surface area contributed by atoms with Crippen molar-refractivity contribution in [2.24, 2.45) is 0 Å². The van der Waals surface area contributed by atoms with Gasteiger partial charge in [-0.15, -0.1) is 0 Å². The topological polar surface area (TPSA) is 103 Å². The van der Waals surface area contributed by atoms with Gasteiger partial charge in [-0.2, -0.15) is 0 Å². The molecule has 6 heteroatoms. The maximum atomic E-state index is 10.4. The van der Waals surface area contributed by atoms with E-state index in [2.05, 4.69) is 6.92 Å². The minimum atomic E-state index is 0. The van der Waals surface area contributed by atoms with Crippen molar-refractivity contribution in [3.8, 4) is 0 Å². The van der Waals surface area contributed by atoms with Crippen molar-refractivity contribution in [2.75, 3.05) is 0 Å². The number of hydrogen-bond acceptors (Lipinski definition) is 1. The van der Waals surface area contributed by atoms with E-state index in [4.69, 9.17) is 0 Å². The van der Waals surface area contributed by atoms with Gasteiger partial charge in [0.25, 0.3) is 0 Å². The molecule has 0 aliphatic heterocycles. The zero-order valence-corrected chi connectivity index (χ0v) is 11.6. The van der Waals surface area contributed by atoms with Crippen LogP contribution in [0, 0.1) is 0 Å². The van der Waals surface area contributed by atoms with Crippen molar-refractivity contribution in [1.29, 1.82) is 0 Å². The molecule has 15 heavy (non-hydrogen) atoms. The minimum absolute atomic E-state index is 0. The molecule has 0 unspecified atom stereocenters. The molecular formula is C9H16Al2O4. The smallest absolute Gasteiger partial charge is 2.00 e. The van der Waals surface area contributed by atoms with Gasteiger partial charge in [0.05, 0.1) is 0 Å². The van der Waals surface area contributed by atoms with E-state index < -0.39 is 0 Å². The molecule has 0 amide bonds. The molecule has 82 valence electrons. The van der Waals surface area contributed by atoms with Crippen molar-refractivity contribution in [1.82, 2.24) is 0 Å². The standard InChI is InChI=1S/C9H16O.2Al.3O/c1-3-4-5-6-7-8-9(2)10;;;;;/h7-8H,3-6H2,1-2H3;;;;;/q;2*+3;3*-2. The molecule has 0 saturated heterocycles. The number of hydrogen-bond donors (Lipinski definition) is 0. The van der Waals surface area contributed by atoms with E-state index in [-0.39, 0.29) is 56.9 Å². The van der Waals surface area contributed by atoms with E-state index in [1.54, 1.807) is 13.0 Å². The largest absolute Gasteiger partial charge is 3.00 e. The van der Waals surface area contributed by atoms with Crippen LogP contribution in [0.3, 0.4) is 0 Å². The summed E-state index contributed by atoms with van der Waals surface area (Å²) >= 11 is 0. The Hall–Kier alpha value is 0.355. The molecule has 0 aromatic carbocycles. The van der Waals surface area contributed by atoms with Crippen molar-refractivity contribution < 1.29 is 21.2 Å². The van der Waals surface area contributed by atoms with Crippen molar-refractivity contribution in [3.05, 3.63) is 12.2 Å². The van der Waals surface area contributed by atoms with E-state index in [0.29, 0.717) is 0 Å². The molecule has 4 nitrogen and oxygen atoms in total. The number of carbonyl (C=O) groups is 1. The molecular weight excluding hydrogens is 226 g/mol. The molecule has 0 bridgehead atoms. The van der Waals surface area contributed by atoms with Crippen LogP contribution >= 0.6 is 0 Å². The van der Waals surface area contributed by atoms with Crippen LogP contribution in [0.5, 0.6) is 0 Å². The first-order valence-corrected chi connectivity index (χ1v) is 3.94. The number of rotatable bonds is 5. The van der Waals surface area contributed by atoms with Gasteiger partial charge in [-0.3, -0.25) is 4.79 Å². The van der Waals surface area contributed by atoms with Gasteiger partial charge in [-0.05, 0) is 25.8 Å². The van der Waals surface area contributed by atoms with Crippen LogP contribution in [0.25, 0.3) is 0 Å². The summed E-state index contributed by atoms with van der Waals surface area (Å²) in [5.74, 6) is 0.150. The van der Waals surface area contributed by atoms with E-state index in [1.807, 2.05) is 6.08 Å². The number of carbonyl (C=O) groups excluding carboxylic acids is 1. The molecule has 0 aromatic heterocycles. The van der Waals surface area contributed by atoms with Gasteiger partial charge >= 0.3 is 34.7 Å². The van der Waals surface area contributed by atoms with Crippen LogP contribution in [0.2, 0.25) is 0 Å². The van der Waals surface area contributed by atoms with Crippen molar-refractivity contribution in [2.45, 2.75) is 39.5 Å². The van der Waals surface area contributed by atoms with E-state index in [0.717, 1.165) is 6.42 Å². The molecule has 0 aliphatic carbocycles. The van der Waals surface area contributed by atoms with Crippen molar-refractivity contribution in [3.63, 3.8) is 0 Å². The summed E-state index contributed by atoms with van der Waals surface area (Å²) in [6, 6.07) is 0. The second kappa shape index (κ2) is 29.3. The predicted molar refractivity (Wildman–Crippen MR) is 57.5 cm³/mol. The molecule has 0 N–H and O–H groups in total. The fourth-order valence-corrected chi connectivity index (χ4v) is 0.761. The monoisotopic (exact) mass is 242 g/mol. The Morgan fingerprint density at radius 1 is 1.07 bits per heavy atom. The minimum Gasteiger partial charge on any atom is -2.00 e. The number of allylic oxidation sites excluding steroid dienone is 2. The zero-order chi connectivity index (χ0) is 7.82. The SMILES string of the molecule is CCCCCC=CC(C)=O.[Al+3].[Al+3].[O-2].[O-2].[O-2]. The van der Waals surface area contributed by atoms with E-state index in [1.165, 1.54) is 19.3 Å². The Balaban J connectivity index is -0.0000000405. The van der Waals surface area contributed by atoms with Gasteiger partial charge in [0.15, 0.2) is 5.78 Å².